The number of fused-ring (bicyclic) bond motifs is 4. The van der Waals surface area contributed by atoms with Crippen LogP contribution in [0, 0.1) is 39.4 Å². The third-order valence-electron chi connectivity index (χ3n) is 14.2. The summed E-state index contributed by atoms with van der Waals surface area (Å²) in [4.78, 5) is 0. The summed E-state index contributed by atoms with van der Waals surface area (Å²) in [6.07, 6.45) is 5.90. The first-order valence-electron chi connectivity index (χ1n) is 17.3. The molecule has 0 amide bonds. The van der Waals surface area contributed by atoms with E-state index in [1.165, 1.54) is 38.5 Å². The number of hydrogen-bond donors (Lipinski definition) is 5. The van der Waals surface area contributed by atoms with Crippen LogP contribution in [0.2, 0.25) is 0 Å². The van der Waals surface area contributed by atoms with Gasteiger partial charge in [-0.05, 0) is 111 Å². The Balaban J connectivity index is 1.23. The number of allylic oxidation sites excluding steroid dienone is 2. The van der Waals surface area contributed by atoms with E-state index in [9.17, 15) is 25.5 Å². The van der Waals surface area contributed by atoms with Crippen molar-refractivity contribution < 1.29 is 35.0 Å². The molecule has 4 aliphatic carbocycles. The van der Waals surface area contributed by atoms with E-state index in [0.29, 0.717) is 23.2 Å². The van der Waals surface area contributed by atoms with Crippen molar-refractivity contribution in [1.82, 2.24) is 0 Å². The smallest absolute Gasteiger partial charge is 0.187 e. The highest BCUT2D eigenvalue weighted by Gasteiger charge is 2.63. The Morgan fingerprint density at radius 3 is 2.26 bits per heavy atom. The maximum atomic E-state index is 10.9. The van der Waals surface area contributed by atoms with Gasteiger partial charge < -0.3 is 35.0 Å². The van der Waals surface area contributed by atoms with Gasteiger partial charge in [0, 0.05) is 0 Å². The zero-order valence-corrected chi connectivity index (χ0v) is 28.2. The second kappa shape index (κ2) is 11.6. The Kier molecular flexibility index (Phi) is 9.13. The molecule has 7 heteroatoms. The van der Waals surface area contributed by atoms with Crippen molar-refractivity contribution in [3.05, 3.63) is 11.1 Å². The van der Waals surface area contributed by atoms with Gasteiger partial charge in [-0.15, -0.1) is 0 Å². The molecule has 5 rings (SSSR count). The van der Waals surface area contributed by atoms with Gasteiger partial charge >= 0.3 is 0 Å². The first-order valence-corrected chi connectivity index (χ1v) is 17.3. The molecule has 3 fully saturated rings. The fourth-order valence-electron chi connectivity index (χ4n) is 11.2. The second-order valence-corrected chi connectivity index (χ2v) is 17.2. The second-order valence-electron chi connectivity index (χ2n) is 17.2. The Bertz CT molecular complexity index is 1050. The molecule has 1 saturated heterocycles. The summed E-state index contributed by atoms with van der Waals surface area (Å²) < 4.78 is 11.7. The molecule has 43 heavy (non-hydrogen) atoms. The Hall–Kier alpha value is -0.540. The summed E-state index contributed by atoms with van der Waals surface area (Å²) in [6, 6.07) is 0. The Labute approximate surface area is 260 Å². The molecule has 0 bridgehead atoms. The van der Waals surface area contributed by atoms with Gasteiger partial charge in [-0.3, -0.25) is 0 Å². The van der Waals surface area contributed by atoms with Gasteiger partial charge in [-0.2, -0.15) is 0 Å². The minimum atomic E-state index is -1.43. The lowest BCUT2D eigenvalue weighted by atomic mass is 9.43. The topological polar surface area (TPSA) is 120 Å². The van der Waals surface area contributed by atoms with E-state index in [-0.39, 0.29) is 22.3 Å². The normalized spacial score (nSPS) is 47.1. The third kappa shape index (κ3) is 5.39. The van der Waals surface area contributed by atoms with Gasteiger partial charge in [0.05, 0.1) is 18.3 Å². The third-order valence-corrected chi connectivity index (χ3v) is 14.2. The highest BCUT2D eigenvalue weighted by atomic mass is 16.7. The molecule has 1 aliphatic heterocycles. The van der Waals surface area contributed by atoms with Crippen molar-refractivity contribution in [3.63, 3.8) is 0 Å². The van der Waals surface area contributed by atoms with Crippen LogP contribution in [0.4, 0.5) is 0 Å². The maximum absolute atomic E-state index is 10.9. The van der Waals surface area contributed by atoms with Crippen LogP contribution in [0.15, 0.2) is 11.1 Å². The quantitative estimate of drug-likeness (QED) is 0.232. The van der Waals surface area contributed by atoms with E-state index in [1.54, 1.807) is 11.1 Å². The van der Waals surface area contributed by atoms with Gasteiger partial charge in [0.25, 0.3) is 0 Å². The lowest BCUT2D eigenvalue weighted by Gasteiger charge is -2.62. The Morgan fingerprint density at radius 2 is 1.58 bits per heavy atom. The monoisotopic (exact) mass is 606 g/mol. The summed E-state index contributed by atoms with van der Waals surface area (Å²) >= 11 is 0. The molecule has 0 radical (unpaired) electrons. The van der Waals surface area contributed by atoms with Crippen molar-refractivity contribution in [2.75, 3.05) is 6.61 Å². The first-order chi connectivity index (χ1) is 19.9. The summed E-state index contributed by atoms with van der Waals surface area (Å²) in [5.41, 5.74) is 3.69. The maximum Gasteiger partial charge on any atom is 0.187 e. The molecule has 5 N–H and O–H groups in total. The predicted molar refractivity (Wildman–Crippen MR) is 167 cm³/mol. The van der Waals surface area contributed by atoms with E-state index in [1.807, 2.05) is 13.8 Å². The average molecular weight is 607 g/mol. The molecular formula is C36H62O7. The van der Waals surface area contributed by atoms with Crippen LogP contribution < -0.4 is 0 Å². The number of ether oxygens (including phenoxy) is 2. The minimum absolute atomic E-state index is 0.0276. The molecule has 2 saturated carbocycles. The molecule has 1 heterocycles. The van der Waals surface area contributed by atoms with Crippen molar-refractivity contribution in [2.24, 2.45) is 39.4 Å². The summed E-state index contributed by atoms with van der Waals surface area (Å²) in [5.74, 6) is 1.82. The highest BCUT2D eigenvalue weighted by molar-refractivity contribution is 5.38. The van der Waals surface area contributed by atoms with E-state index in [4.69, 9.17) is 9.47 Å². The van der Waals surface area contributed by atoms with Crippen LogP contribution in [-0.4, -0.2) is 74.6 Å². The molecular weight excluding hydrogens is 544 g/mol. The summed E-state index contributed by atoms with van der Waals surface area (Å²) in [5, 5.41) is 51.1. The summed E-state index contributed by atoms with van der Waals surface area (Å²) in [7, 11) is 0. The van der Waals surface area contributed by atoms with Crippen LogP contribution in [0.1, 0.15) is 126 Å². The highest BCUT2D eigenvalue weighted by Crippen LogP contribution is 2.72. The number of aliphatic hydroxyl groups is 5. The van der Waals surface area contributed by atoms with Crippen LogP contribution in [0.5, 0.6) is 0 Å². The first kappa shape index (κ1) is 33.8. The van der Waals surface area contributed by atoms with Crippen molar-refractivity contribution in [2.45, 2.75) is 168 Å². The van der Waals surface area contributed by atoms with Gasteiger partial charge in [-0.1, -0.05) is 65.5 Å². The molecule has 5 aliphatic rings. The van der Waals surface area contributed by atoms with E-state index < -0.39 is 42.9 Å². The zero-order chi connectivity index (χ0) is 31.8. The van der Waals surface area contributed by atoms with Crippen LogP contribution in [-0.2, 0) is 9.47 Å². The lowest BCUT2D eigenvalue weighted by molar-refractivity contribution is -0.323. The molecule has 7 nitrogen and oxygen atoms in total. The molecule has 0 spiro atoms. The molecule has 248 valence electrons. The van der Waals surface area contributed by atoms with Gasteiger partial charge in [0.2, 0.25) is 0 Å². The minimum Gasteiger partial charge on any atom is -0.394 e. The SMILES string of the molecule is C[C@H](CCCC(C)(C)O[C@H]1O[C@@H](CO)[C@H](O)[C@@H](O)[C@@H]1O)[C@H]1CC[C@@]2(C)C3=C(CC[C@]12C)[C@@]1(C)CC[C@H](O)C(C)(C)[C@@H]1CC3. The number of hydrogen-bond acceptors (Lipinski definition) is 7. The van der Waals surface area contributed by atoms with Gasteiger partial charge in [0.15, 0.2) is 6.29 Å². The van der Waals surface area contributed by atoms with E-state index >= 15 is 0 Å². The van der Waals surface area contributed by atoms with Gasteiger partial charge in [0.1, 0.15) is 24.4 Å². The van der Waals surface area contributed by atoms with Crippen LogP contribution in [0.25, 0.3) is 0 Å². The number of rotatable bonds is 8. The summed E-state index contributed by atoms with van der Waals surface area (Å²) in [6.45, 7) is 18.3. The van der Waals surface area contributed by atoms with Gasteiger partial charge in [-0.25, -0.2) is 0 Å². The van der Waals surface area contributed by atoms with Crippen LogP contribution in [0.3, 0.4) is 0 Å². The fraction of sp³-hybridized carbons (Fsp3) is 0.944. The van der Waals surface area contributed by atoms with Crippen LogP contribution >= 0.6 is 0 Å². The molecule has 0 aromatic heterocycles. The van der Waals surface area contributed by atoms with E-state index in [2.05, 4.69) is 41.5 Å². The Morgan fingerprint density at radius 1 is 0.884 bits per heavy atom. The fourth-order valence-corrected chi connectivity index (χ4v) is 11.2. The predicted octanol–water partition coefficient (Wildman–Crippen LogP) is 5.50. The molecule has 0 aromatic rings. The number of aliphatic hydroxyl groups excluding tert-OH is 5. The van der Waals surface area contributed by atoms with E-state index in [0.717, 1.165) is 32.1 Å². The van der Waals surface area contributed by atoms with Crippen molar-refractivity contribution >= 4 is 0 Å². The molecule has 12 atom stereocenters. The molecule has 0 unspecified atom stereocenters. The van der Waals surface area contributed by atoms with Crippen molar-refractivity contribution in [1.29, 1.82) is 0 Å². The average Bonchev–Trinajstić information content (AvgIpc) is 3.22. The largest absolute Gasteiger partial charge is 0.394 e. The molecule has 0 aromatic carbocycles. The standard InChI is InChI=1S/C36H62O7/c1-21(10-9-16-32(2,3)43-31-30(41)29(40)28(39)25(20-37)42-31)22-13-18-36(8)24-11-12-26-33(4,5)27(38)15-17-34(26,6)23(24)14-19-35(22,36)7/h21-22,25-31,37-41H,9-20H2,1-8H3/t21-,22-,25+,26+,27+,28+,29-,30+,31-,34-,35-,36+/m1/s1. The zero-order valence-electron chi connectivity index (χ0n) is 28.2. The lowest BCUT2D eigenvalue weighted by Crippen LogP contribution is -2.60. The van der Waals surface area contributed by atoms with Crippen molar-refractivity contribution in [3.8, 4) is 0 Å².